The Hall–Kier alpha value is -2.89. The number of nitrogens with one attached hydrogen (secondary N) is 1. The fourth-order valence-electron chi connectivity index (χ4n) is 2.96. The number of aliphatic imine (C=N–C) groups is 1. The minimum atomic E-state index is 0.675. The Morgan fingerprint density at radius 2 is 1.68 bits per heavy atom. The number of hydrogen-bond donors (Lipinski definition) is 1. The first-order valence-electron chi connectivity index (χ1n) is 9.45. The van der Waals surface area contributed by atoms with Gasteiger partial charge in [-0.05, 0) is 37.1 Å². The topological polar surface area (TPSA) is 55.3 Å². The number of para-hydroxylation sites is 1. The van der Waals surface area contributed by atoms with Crippen LogP contribution >= 0.6 is 0 Å². The van der Waals surface area contributed by atoms with E-state index in [1.165, 1.54) is 0 Å². The van der Waals surface area contributed by atoms with E-state index in [2.05, 4.69) is 23.2 Å². The minimum Gasteiger partial charge on any atom is -0.496 e. The Balaban J connectivity index is 2.05. The number of rotatable bonds is 9. The van der Waals surface area contributed by atoms with E-state index in [9.17, 15) is 0 Å². The van der Waals surface area contributed by atoms with E-state index in [-0.39, 0.29) is 0 Å². The molecular formula is C22H31N3O3. The maximum Gasteiger partial charge on any atom is 0.193 e. The van der Waals surface area contributed by atoms with Gasteiger partial charge in [-0.3, -0.25) is 4.99 Å². The largest absolute Gasteiger partial charge is 0.496 e. The van der Waals surface area contributed by atoms with Crippen LogP contribution in [0.2, 0.25) is 0 Å². The van der Waals surface area contributed by atoms with Gasteiger partial charge in [-0.25, -0.2) is 0 Å². The molecule has 2 aromatic rings. The number of benzene rings is 2. The lowest BCUT2D eigenvalue weighted by molar-refractivity contribution is 0.354. The predicted molar refractivity (Wildman–Crippen MR) is 114 cm³/mol. The van der Waals surface area contributed by atoms with Gasteiger partial charge < -0.3 is 24.4 Å². The van der Waals surface area contributed by atoms with E-state index >= 15 is 0 Å². The molecule has 0 unspecified atom stereocenters. The lowest BCUT2D eigenvalue weighted by Gasteiger charge is -2.23. The number of methoxy groups -OCH3 is 3. The summed E-state index contributed by atoms with van der Waals surface area (Å²) in [5, 5.41) is 3.36. The SMILES string of the molecule is CCNC(=NCCc1ccc(OC)c(OC)c1)N(C)Cc1ccccc1OC. The van der Waals surface area contributed by atoms with Crippen LogP contribution < -0.4 is 19.5 Å². The maximum absolute atomic E-state index is 5.46. The molecule has 0 amide bonds. The van der Waals surface area contributed by atoms with Gasteiger partial charge in [0.15, 0.2) is 17.5 Å². The van der Waals surface area contributed by atoms with Gasteiger partial charge in [0.1, 0.15) is 5.75 Å². The zero-order chi connectivity index (χ0) is 20.4. The minimum absolute atomic E-state index is 0.675. The molecule has 0 aromatic heterocycles. The molecular weight excluding hydrogens is 354 g/mol. The van der Waals surface area contributed by atoms with Crippen LogP contribution in [-0.2, 0) is 13.0 Å². The second-order valence-corrected chi connectivity index (χ2v) is 6.34. The zero-order valence-corrected chi connectivity index (χ0v) is 17.5. The molecule has 0 aliphatic rings. The van der Waals surface area contributed by atoms with E-state index in [0.29, 0.717) is 13.1 Å². The highest BCUT2D eigenvalue weighted by Gasteiger charge is 2.10. The first-order valence-corrected chi connectivity index (χ1v) is 9.45. The second-order valence-electron chi connectivity index (χ2n) is 6.34. The first-order chi connectivity index (χ1) is 13.6. The van der Waals surface area contributed by atoms with Crippen molar-refractivity contribution in [1.82, 2.24) is 10.2 Å². The molecule has 6 nitrogen and oxygen atoms in total. The van der Waals surface area contributed by atoms with Crippen LogP contribution in [-0.4, -0.2) is 52.3 Å². The number of nitrogens with zero attached hydrogens (tertiary/aromatic N) is 2. The molecule has 28 heavy (non-hydrogen) atoms. The molecule has 0 fully saturated rings. The second kappa shape index (κ2) is 11.1. The van der Waals surface area contributed by atoms with Crippen LogP contribution in [0.1, 0.15) is 18.1 Å². The van der Waals surface area contributed by atoms with Crippen LogP contribution in [0.4, 0.5) is 0 Å². The summed E-state index contributed by atoms with van der Waals surface area (Å²) < 4.78 is 16.1. The molecule has 0 radical (unpaired) electrons. The fraction of sp³-hybridized carbons (Fsp3) is 0.409. The summed E-state index contributed by atoms with van der Waals surface area (Å²) in [4.78, 5) is 6.88. The molecule has 0 spiro atoms. The predicted octanol–water partition coefficient (Wildman–Crippen LogP) is 3.35. The summed E-state index contributed by atoms with van der Waals surface area (Å²) in [5.41, 5.74) is 2.28. The Labute approximate surface area is 168 Å². The van der Waals surface area contributed by atoms with Gasteiger partial charge >= 0.3 is 0 Å². The molecule has 2 aromatic carbocycles. The standard InChI is InChI=1S/C22H31N3O3/c1-6-23-22(25(2)16-18-9-7-8-10-19(18)26-3)24-14-13-17-11-12-20(27-4)21(15-17)28-5/h7-12,15H,6,13-14,16H2,1-5H3,(H,23,24). The molecule has 6 heteroatoms. The van der Waals surface area contributed by atoms with Crippen LogP contribution in [0, 0.1) is 0 Å². The first kappa shape index (κ1) is 21.4. The van der Waals surface area contributed by atoms with E-state index in [1.807, 2.05) is 43.4 Å². The van der Waals surface area contributed by atoms with Crippen molar-refractivity contribution in [3.8, 4) is 17.2 Å². The zero-order valence-electron chi connectivity index (χ0n) is 17.5. The smallest absolute Gasteiger partial charge is 0.193 e. The summed E-state index contributed by atoms with van der Waals surface area (Å²) >= 11 is 0. The Bertz CT molecular complexity index is 777. The molecule has 0 atom stereocenters. The Morgan fingerprint density at radius 1 is 0.964 bits per heavy atom. The lowest BCUT2D eigenvalue weighted by Crippen LogP contribution is -2.38. The molecule has 0 saturated heterocycles. The monoisotopic (exact) mass is 385 g/mol. The third-order valence-electron chi connectivity index (χ3n) is 4.41. The fourth-order valence-corrected chi connectivity index (χ4v) is 2.96. The van der Waals surface area contributed by atoms with Gasteiger partial charge in [0.2, 0.25) is 0 Å². The molecule has 0 aliphatic heterocycles. The molecule has 0 aliphatic carbocycles. The van der Waals surface area contributed by atoms with Crippen molar-refractivity contribution in [2.24, 2.45) is 4.99 Å². The normalized spacial score (nSPS) is 11.1. The van der Waals surface area contributed by atoms with Crippen molar-refractivity contribution in [3.63, 3.8) is 0 Å². The van der Waals surface area contributed by atoms with E-state index in [0.717, 1.165) is 47.3 Å². The third-order valence-corrected chi connectivity index (χ3v) is 4.41. The van der Waals surface area contributed by atoms with Gasteiger partial charge in [-0.1, -0.05) is 24.3 Å². The van der Waals surface area contributed by atoms with Crippen molar-refractivity contribution >= 4 is 5.96 Å². The van der Waals surface area contributed by atoms with E-state index in [4.69, 9.17) is 19.2 Å². The highest BCUT2D eigenvalue weighted by Crippen LogP contribution is 2.27. The maximum atomic E-state index is 5.46. The van der Waals surface area contributed by atoms with Gasteiger partial charge in [-0.2, -0.15) is 0 Å². The summed E-state index contributed by atoms with van der Waals surface area (Å²) in [7, 11) is 7.02. The molecule has 0 saturated carbocycles. The van der Waals surface area contributed by atoms with Crippen LogP contribution in [0.5, 0.6) is 17.2 Å². The number of guanidine groups is 1. The quantitative estimate of drug-likeness (QED) is 0.530. The van der Waals surface area contributed by atoms with Crippen molar-refractivity contribution < 1.29 is 14.2 Å². The molecule has 2 rings (SSSR count). The molecule has 0 heterocycles. The summed E-state index contributed by atoms with van der Waals surface area (Å²) in [6.07, 6.45) is 0.817. The number of ether oxygens (including phenoxy) is 3. The summed E-state index contributed by atoms with van der Waals surface area (Å²) in [5.74, 6) is 3.23. The Kier molecular flexibility index (Phi) is 8.46. The average molecular weight is 386 g/mol. The highest BCUT2D eigenvalue weighted by atomic mass is 16.5. The van der Waals surface area contributed by atoms with Crippen molar-refractivity contribution in [1.29, 1.82) is 0 Å². The van der Waals surface area contributed by atoms with Gasteiger partial charge in [0.25, 0.3) is 0 Å². The van der Waals surface area contributed by atoms with Gasteiger partial charge in [0, 0.05) is 32.2 Å². The van der Waals surface area contributed by atoms with E-state index < -0.39 is 0 Å². The van der Waals surface area contributed by atoms with Crippen LogP contribution in [0.25, 0.3) is 0 Å². The molecule has 152 valence electrons. The van der Waals surface area contributed by atoms with Crippen molar-refractivity contribution in [3.05, 3.63) is 53.6 Å². The average Bonchev–Trinajstić information content (AvgIpc) is 2.73. The summed E-state index contributed by atoms with van der Waals surface area (Å²) in [6.45, 7) is 4.27. The van der Waals surface area contributed by atoms with Crippen LogP contribution in [0.15, 0.2) is 47.5 Å². The van der Waals surface area contributed by atoms with Crippen molar-refractivity contribution in [2.45, 2.75) is 19.9 Å². The summed E-state index contributed by atoms with van der Waals surface area (Å²) in [6, 6.07) is 14.0. The van der Waals surface area contributed by atoms with E-state index in [1.54, 1.807) is 21.3 Å². The third kappa shape index (κ3) is 5.81. The van der Waals surface area contributed by atoms with Crippen molar-refractivity contribution in [2.75, 3.05) is 41.5 Å². The highest BCUT2D eigenvalue weighted by molar-refractivity contribution is 5.79. The lowest BCUT2D eigenvalue weighted by atomic mass is 10.1. The van der Waals surface area contributed by atoms with Crippen LogP contribution in [0.3, 0.4) is 0 Å². The van der Waals surface area contributed by atoms with Gasteiger partial charge in [0.05, 0.1) is 21.3 Å². The Morgan fingerprint density at radius 3 is 2.36 bits per heavy atom. The van der Waals surface area contributed by atoms with Gasteiger partial charge in [-0.15, -0.1) is 0 Å². The molecule has 0 bridgehead atoms. The number of hydrogen-bond acceptors (Lipinski definition) is 4. The molecule has 1 N–H and O–H groups in total.